The summed E-state index contributed by atoms with van der Waals surface area (Å²) in [5.74, 6) is -0.402. The molecule has 0 saturated heterocycles. The Kier molecular flexibility index (Phi) is 4.39. The Labute approximate surface area is 89.6 Å². The molecule has 5 nitrogen and oxygen atoms in total. The average Bonchev–Trinajstić information content (AvgIpc) is 2.12. The van der Waals surface area contributed by atoms with Crippen LogP contribution in [0.2, 0.25) is 0 Å². The summed E-state index contributed by atoms with van der Waals surface area (Å²) in [4.78, 5) is 22.5. The molecule has 1 unspecified atom stereocenters. The van der Waals surface area contributed by atoms with E-state index in [-0.39, 0.29) is 12.1 Å². The summed E-state index contributed by atoms with van der Waals surface area (Å²) >= 11 is 0. The van der Waals surface area contributed by atoms with Crippen molar-refractivity contribution in [3.05, 3.63) is 0 Å². The number of hydrogen-bond acceptors (Lipinski definition) is 3. The Balaban J connectivity index is 2.20. The van der Waals surface area contributed by atoms with Gasteiger partial charge in [-0.15, -0.1) is 0 Å². The summed E-state index contributed by atoms with van der Waals surface area (Å²) in [7, 11) is 0. The van der Waals surface area contributed by atoms with Crippen LogP contribution in [-0.2, 0) is 9.53 Å². The van der Waals surface area contributed by atoms with Crippen LogP contribution >= 0.6 is 0 Å². The van der Waals surface area contributed by atoms with Crippen LogP contribution in [0.4, 0.5) is 4.79 Å². The summed E-state index contributed by atoms with van der Waals surface area (Å²) < 4.78 is 4.77. The van der Waals surface area contributed by atoms with E-state index in [2.05, 4.69) is 10.6 Å². The molecular weight excluding hydrogens is 196 g/mol. The monoisotopic (exact) mass is 214 g/mol. The largest absolute Gasteiger partial charge is 0.464 e. The first kappa shape index (κ1) is 11.8. The Morgan fingerprint density at radius 2 is 2.13 bits per heavy atom. The van der Waals surface area contributed by atoms with Gasteiger partial charge in [0.05, 0.1) is 6.61 Å². The molecule has 0 bridgehead atoms. The van der Waals surface area contributed by atoms with Gasteiger partial charge in [-0.25, -0.2) is 9.59 Å². The number of ether oxygens (including phenoxy) is 1. The maximum Gasteiger partial charge on any atom is 0.328 e. The molecule has 2 N–H and O–H groups in total. The zero-order valence-corrected chi connectivity index (χ0v) is 9.21. The quantitative estimate of drug-likeness (QED) is 0.680. The molecule has 1 aliphatic rings. The second kappa shape index (κ2) is 5.58. The number of carbonyl (C=O) groups is 2. The lowest BCUT2D eigenvalue weighted by atomic mass is 9.93. The molecule has 0 spiro atoms. The van der Waals surface area contributed by atoms with E-state index < -0.39 is 12.0 Å². The van der Waals surface area contributed by atoms with Crippen LogP contribution in [0.25, 0.3) is 0 Å². The fraction of sp³-hybridized carbons (Fsp3) is 0.800. The first-order chi connectivity index (χ1) is 7.13. The molecule has 0 heterocycles. The van der Waals surface area contributed by atoms with Crippen molar-refractivity contribution in [1.29, 1.82) is 0 Å². The zero-order chi connectivity index (χ0) is 11.3. The highest BCUT2D eigenvalue weighted by molar-refractivity contribution is 5.83. The fourth-order valence-corrected chi connectivity index (χ4v) is 1.30. The van der Waals surface area contributed by atoms with Gasteiger partial charge in [-0.1, -0.05) is 0 Å². The molecule has 86 valence electrons. The second-order valence-corrected chi connectivity index (χ2v) is 3.72. The van der Waals surface area contributed by atoms with Gasteiger partial charge in [0.25, 0.3) is 0 Å². The summed E-state index contributed by atoms with van der Waals surface area (Å²) in [6, 6.07) is -0.607. The molecule has 0 aromatic heterocycles. The second-order valence-electron chi connectivity index (χ2n) is 3.72. The number of urea groups is 1. The molecule has 5 heteroatoms. The fourth-order valence-electron chi connectivity index (χ4n) is 1.30. The molecule has 0 aromatic rings. The van der Waals surface area contributed by atoms with E-state index >= 15 is 0 Å². The predicted molar refractivity (Wildman–Crippen MR) is 55.4 cm³/mol. The van der Waals surface area contributed by atoms with Crippen LogP contribution in [0.3, 0.4) is 0 Å². The van der Waals surface area contributed by atoms with E-state index in [1.54, 1.807) is 13.8 Å². The van der Waals surface area contributed by atoms with Crippen molar-refractivity contribution in [3.8, 4) is 0 Å². The lowest BCUT2D eigenvalue weighted by molar-refractivity contribution is -0.144. The minimum atomic E-state index is -0.593. The van der Waals surface area contributed by atoms with Gasteiger partial charge in [-0.3, -0.25) is 0 Å². The van der Waals surface area contributed by atoms with E-state index in [4.69, 9.17) is 4.74 Å². The van der Waals surface area contributed by atoms with Gasteiger partial charge in [0.2, 0.25) is 0 Å². The topological polar surface area (TPSA) is 67.4 Å². The van der Waals surface area contributed by atoms with Crippen molar-refractivity contribution >= 4 is 12.0 Å². The lowest BCUT2D eigenvalue weighted by Crippen LogP contribution is -2.50. The molecule has 15 heavy (non-hydrogen) atoms. The van der Waals surface area contributed by atoms with Gasteiger partial charge in [-0.05, 0) is 33.1 Å². The van der Waals surface area contributed by atoms with E-state index in [9.17, 15) is 9.59 Å². The van der Waals surface area contributed by atoms with Crippen LogP contribution < -0.4 is 10.6 Å². The number of amides is 2. The van der Waals surface area contributed by atoms with E-state index in [1.807, 2.05) is 0 Å². The van der Waals surface area contributed by atoms with Crippen molar-refractivity contribution < 1.29 is 14.3 Å². The van der Waals surface area contributed by atoms with Gasteiger partial charge < -0.3 is 15.4 Å². The van der Waals surface area contributed by atoms with Crippen molar-refractivity contribution in [2.75, 3.05) is 6.61 Å². The summed E-state index contributed by atoms with van der Waals surface area (Å²) in [5, 5.41) is 5.33. The molecule has 2 amide bonds. The summed E-state index contributed by atoms with van der Waals surface area (Å²) in [6.45, 7) is 3.67. The molecule has 1 aliphatic carbocycles. The summed E-state index contributed by atoms with van der Waals surface area (Å²) in [5.41, 5.74) is 0. The number of nitrogens with one attached hydrogen (secondary N) is 2. The minimum absolute atomic E-state index is 0.277. The number of hydrogen-bond donors (Lipinski definition) is 2. The van der Waals surface area contributed by atoms with Crippen LogP contribution in [0.5, 0.6) is 0 Å². The van der Waals surface area contributed by atoms with E-state index in [1.165, 1.54) is 6.42 Å². The zero-order valence-electron chi connectivity index (χ0n) is 9.21. The Bertz CT molecular complexity index is 239. The molecule has 0 aromatic carbocycles. The van der Waals surface area contributed by atoms with Gasteiger partial charge >= 0.3 is 12.0 Å². The molecule has 1 fully saturated rings. The molecule has 0 aliphatic heterocycles. The predicted octanol–water partition coefficient (Wildman–Crippen LogP) is 0.790. The standard InChI is InChI=1S/C10H18N2O3/c1-3-15-9(13)7(2)11-10(14)12-8-5-4-6-8/h7-8H,3-6H2,1-2H3,(H2,11,12,14). The van der Waals surface area contributed by atoms with Gasteiger partial charge in [0, 0.05) is 6.04 Å². The SMILES string of the molecule is CCOC(=O)C(C)NC(=O)NC1CCC1. The normalized spacial score (nSPS) is 17.5. The Morgan fingerprint density at radius 3 is 2.60 bits per heavy atom. The highest BCUT2D eigenvalue weighted by atomic mass is 16.5. The van der Waals surface area contributed by atoms with Crippen LogP contribution in [-0.4, -0.2) is 30.7 Å². The lowest BCUT2D eigenvalue weighted by Gasteiger charge is -2.27. The first-order valence-electron chi connectivity index (χ1n) is 5.37. The van der Waals surface area contributed by atoms with Crippen molar-refractivity contribution in [2.45, 2.75) is 45.2 Å². The summed E-state index contributed by atoms with van der Waals surface area (Å²) in [6.07, 6.45) is 3.22. The van der Waals surface area contributed by atoms with Crippen LogP contribution in [0, 0.1) is 0 Å². The molecule has 1 rings (SSSR count). The van der Waals surface area contributed by atoms with Gasteiger partial charge in [-0.2, -0.15) is 0 Å². The average molecular weight is 214 g/mol. The first-order valence-corrected chi connectivity index (χ1v) is 5.37. The third-order valence-electron chi connectivity index (χ3n) is 2.43. The maximum atomic E-state index is 11.3. The highest BCUT2D eigenvalue weighted by Gasteiger charge is 2.22. The van der Waals surface area contributed by atoms with Crippen molar-refractivity contribution in [3.63, 3.8) is 0 Å². The van der Waals surface area contributed by atoms with E-state index in [0.29, 0.717) is 6.61 Å². The molecule has 1 saturated carbocycles. The number of carbonyl (C=O) groups excluding carboxylic acids is 2. The minimum Gasteiger partial charge on any atom is -0.464 e. The third-order valence-corrected chi connectivity index (χ3v) is 2.43. The smallest absolute Gasteiger partial charge is 0.328 e. The maximum absolute atomic E-state index is 11.3. The Morgan fingerprint density at radius 1 is 1.47 bits per heavy atom. The van der Waals surface area contributed by atoms with Crippen molar-refractivity contribution in [2.24, 2.45) is 0 Å². The highest BCUT2D eigenvalue weighted by Crippen LogP contribution is 2.17. The van der Waals surface area contributed by atoms with Crippen molar-refractivity contribution in [1.82, 2.24) is 10.6 Å². The third kappa shape index (κ3) is 3.77. The van der Waals surface area contributed by atoms with Gasteiger partial charge in [0.15, 0.2) is 0 Å². The number of rotatable bonds is 4. The molecule has 1 atom stereocenters. The molecular formula is C10H18N2O3. The van der Waals surface area contributed by atoms with E-state index in [0.717, 1.165) is 12.8 Å². The Hall–Kier alpha value is -1.26. The molecule has 0 radical (unpaired) electrons. The number of esters is 1. The van der Waals surface area contributed by atoms with Gasteiger partial charge in [0.1, 0.15) is 6.04 Å². The van der Waals surface area contributed by atoms with Crippen LogP contribution in [0.1, 0.15) is 33.1 Å². The van der Waals surface area contributed by atoms with Crippen LogP contribution in [0.15, 0.2) is 0 Å².